The van der Waals surface area contributed by atoms with Crippen molar-refractivity contribution in [3.63, 3.8) is 0 Å². The number of aromatic nitrogens is 1. The summed E-state index contributed by atoms with van der Waals surface area (Å²) < 4.78 is 0. The Balaban J connectivity index is 2.12. The summed E-state index contributed by atoms with van der Waals surface area (Å²) in [4.78, 5) is 16.1. The molecule has 0 aliphatic carbocycles. The lowest BCUT2D eigenvalue weighted by atomic mass is 10.2. The third-order valence-corrected chi connectivity index (χ3v) is 3.77. The van der Waals surface area contributed by atoms with E-state index in [-0.39, 0.29) is 5.57 Å². The summed E-state index contributed by atoms with van der Waals surface area (Å²) in [5.74, 6) is -0.507. The molecule has 2 aromatic rings. The summed E-state index contributed by atoms with van der Waals surface area (Å²) in [6.45, 7) is 1.79. The largest absolute Gasteiger partial charge is 0.337 e. The summed E-state index contributed by atoms with van der Waals surface area (Å²) in [5, 5.41) is 17.5. The van der Waals surface area contributed by atoms with Gasteiger partial charge in [0.2, 0.25) is 0 Å². The lowest BCUT2D eigenvalue weighted by molar-refractivity contribution is -0.112. The van der Waals surface area contributed by atoms with E-state index in [0.29, 0.717) is 15.8 Å². The molecule has 106 valence electrons. The van der Waals surface area contributed by atoms with Crippen molar-refractivity contribution in [2.75, 3.05) is 10.6 Å². The average Bonchev–Trinajstić information content (AvgIpc) is 2.98. The van der Waals surface area contributed by atoms with E-state index < -0.39 is 5.91 Å². The van der Waals surface area contributed by atoms with Crippen molar-refractivity contribution < 1.29 is 4.79 Å². The fourth-order valence-electron chi connectivity index (χ4n) is 1.51. The maximum atomic E-state index is 12.1. The smallest absolute Gasteiger partial charge is 0.267 e. The SMILES string of the molecule is Cc1c(Cl)cccc1NC(=O)/C(C#N)=C\Nc1nccs1. The molecular weight excluding hydrogens is 308 g/mol. The van der Waals surface area contributed by atoms with Crippen LogP contribution >= 0.6 is 22.9 Å². The fourth-order valence-corrected chi connectivity index (χ4v) is 2.18. The van der Waals surface area contributed by atoms with Crippen LogP contribution in [-0.2, 0) is 4.79 Å². The number of nitrogens with zero attached hydrogens (tertiary/aromatic N) is 2. The predicted octanol–water partition coefficient (Wildman–Crippen LogP) is 3.56. The minimum absolute atomic E-state index is 0.0513. The first kappa shape index (κ1) is 15.0. The van der Waals surface area contributed by atoms with Gasteiger partial charge in [0.05, 0.1) is 0 Å². The van der Waals surface area contributed by atoms with Crippen LogP contribution < -0.4 is 10.6 Å². The molecule has 1 amide bonds. The summed E-state index contributed by atoms with van der Waals surface area (Å²) in [7, 11) is 0. The number of amides is 1. The van der Waals surface area contributed by atoms with E-state index in [4.69, 9.17) is 16.9 Å². The first-order valence-corrected chi connectivity index (χ1v) is 7.20. The van der Waals surface area contributed by atoms with Gasteiger partial charge in [-0.25, -0.2) is 4.98 Å². The Morgan fingerprint density at radius 3 is 3.00 bits per heavy atom. The first-order valence-electron chi connectivity index (χ1n) is 5.94. The predicted molar refractivity (Wildman–Crippen MR) is 84.3 cm³/mol. The Labute approximate surface area is 130 Å². The second kappa shape index (κ2) is 6.88. The van der Waals surface area contributed by atoms with Crippen LogP contribution in [-0.4, -0.2) is 10.9 Å². The van der Waals surface area contributed by atoms with Crippen molar-refractivity contribution in [2.24, 2.45) is 0 Å². The van der Waals surface area contributed by atoms with Gasteiger partial charge in [0, 0.05) is 28.5 Å². The third kappa shape index (κ3) is 3.81. The van der Waals surface area contributed by atoms with Crippen LogP contribution in [0.3, 0.4) is 0 Å². The second-order valence-electron chi connectivity index (χ2n) is 4.02. The Morgan fingerprint density at radius 2 is 2.33 bits per heavy atom. The van der Waals surface area contributed by atoms with Crippen molar-refractivity contribution in [1.82, 2.24) is 4.98 Å². The van der Waals surface area contributed by atoms with E-state index in [1.54, 1.807) is 36.7 Å². The molecule has 0 atom stereocenters. The number of rotatable bonds is 4. The van der Waals surface area contributed by atoms with Gasteiger partial charge in [-0.15, -0.1) is 11.3 Å². The van der Waals surface area contributed by atoms with Crippen molar-refractivity contribution in [1.29, 1.82) is 5.26 Å². The molecule has 2 N–H and O–H groups in total. The fraction of sp³-hybridized carbons (Fsp3) is 0.0714. The normalized spacial score (nSPS) is 10.8. The molecule has 21 heavy (non-hydrogen) atoms. The number of hydrogen-bond donors (Lipinski definition) is 2. The third-order valence-electron chi connectivity index (χ3n) is 2.65. The van der Waals surface area contributed by atoms with Crippen molar-refractivity contribution in [3.8, 4) is 6.07 Å². The number of halogens is 1. The summed E-state index contributed by atoms with van der Waals surface area (Å²) in [6, 6.07) is 7.04. The number of thiazole rings is 1. The molecule has 0 bridgehead atoms. The standard InChI is InChI=1S/C14H11ClN4OS/c1-9-11(15)3-2-4-12(9)19-13(20)10(7-16)8-18-14-17-5-6-21-14/h2-6,8H,1H3,(H,17,18)(H,19,20)/b10-8-. The molecule has 1 heterocycles. The molecule has 5 nitrogen and oxygen atoms in total. The first-order chi connectivity index (χ1) is 10.1. The highest BCUT2D eigenvalue weighted by Gasteiger charge is 2.11. The van der Waals surface area contributed by atoms with Gasteiger partial charge in [-0.3, -0.25) is 4.79 Å². The highest BCUT2D eigenvalue weighted by molar-refractivity contribution is 7.13. The molecule has 0 fully saturated rings. The monoisotopic (exact) mass is 318 g/mol. The zero-order chi connectivity index (χ0) is 15.2. The van der Waals surface area contributed by atoms with E-state index in [1.165, 1.54) is 17.5 Å². The molecule has 7 heteroatoms. The van der Waals surface area contributed by atoms with Gasteiger partial charge in [0.15, 0.2) is 5.13 Å². The quantitative estimate of drug-likeness (QED) is 0.667. The van der Waals surface area contributed by atoms with Crippen molar-refractivity contribution in [3.05, 3.63) is 52.1 Å². The van der Waals surface area contributed by atoms with E-state index >= 15 is 0 Å². The Morgan fingerprint density at radius 1 is 1.52 bits per heavy atom. The van der Waals surface area contributed by atoms with Crippen LogP contribution in [0.4, 0.5) is 10.8 Å². The summed E-state index contributed by atoms with van der Waals surface area (Å²) >= 11 is 7.36. The molecule has 0 saturated carbocycles. The Bertz CT molecular complexity index is 719. The summed E-state index contributed by atoms with van der Waals surface area (Å²) in [6.07, 6.45) is 2.95. The topological polar surface area (TPSA) is 77.8 Å². The van der Waals surface area contributed by atoms with Gasteiger partial charge in [-0.05, 0) is 24.6 Å². The number of hydrogen-bond acceptors (Lipinski definition) is 5. The minimum atomic E-state index is -0.507. The minimum Gasteiger partial charge on any atom is -0.337 e. The van der Waals surface area contributed by atoms with Crippen LogP contribution in [0.2, 0.25) is 5.02 Å². The molecule has 2 rings (SSSR count). The van der Waals surface area contributed by atoms with Gasteiger partial charge in [0.1, 0.15) is 11.6 Å². The van der Waals surface area contributed by atoms with Crippen molar-refractivity contribution >= 4 is 39.7 Å². The van der Waals surface area contributed by atoms with E-state index in [1.807, 2.05) is 6.07 Å². The van der Waals surface area contributed by atoms with Gasteiger partial charge in [-0.2, -0.15) is 5.26 Å². The van der Waals surface area contributed by atoms with Gasteiger partial charge in [-0.1, -0.05) is 17.7 Å². The molecule has 0 spiro atoms. The zero-order valence-corrected chi connectivity index (χ0v) is 12.6. The molecule has 0 aliphatic rings. The van der Waals surface area contributed by atoms with Gasteiger partial charge < -0.3 is 10.6 Å². The number of nitriles is 1. The maximum Gasteiger partial charge on any atom is 0.267 e. The highest BCUT2D eigenvalue weighted by atomic mass is 35.5. The molecule has 1 aromatic carbocycles. The van der Waals surface area contributed by atoms with Crippen LogP contribution in [0, 0.1) is 18.3 Å². The van der Waals surface area contributed by atoms with Crippen LogP contribution in [0.25, 0.3) is 0 Å². The molecule has 0 aliphatic heterocycles. The Kier molecular flexibility index (Phi) is 4.93. The lowest BCUT2D eigenvalue weighted by Crippen LogP contribution is -2.15. The molecular formula is C14H11ClN4OS. The zero-order valence-electron chi connectivity index (χ0n) is 11.1. The molecule has 0 radical (unpaired) electrons. The van der Waals surface area contributed by atoms with Crippen LogP contribution in [0.15, 0.2) is 41.5 Å². The molecule has 1 aromatic heterocycles. The Hall–Kier alpha value is -2.36. The van der Waals surface area contributed by atoms with Gasteiger partial charge >= 0.3 is 0 Å². The number of benzene rings is 1. The average molecular weight is 319 g/mol. The van der Waals surface area contributed by atoms with Crippen LogP contribution in [0.5, 0.6) is 0 Å². The number of nitrogens with one attached hydrogen (secondary N) is 2. The van der Waals surface area contributed by atoms with Crippen LogP contribution in [0.1, 0.15) is 5.56 Å². The number of carbonyl (C=O) groups is 1. The lowest BCUT2D eigenvalue weighted by Gasteiger charge is -2.08. The van der Waals surface area contributed by atoms with E-state index in [2.05, 4.69) is 15.6 Å². The van der Waals surface area contributed by atoms with Gasteiger partial charge in [0.25, 0.3) is 5.91 Å². The second-order valence-corrected chi connectivity index (χ2v) is 5.32. The summed E-state index contributed by atoms with van der Waals surface area (Å²) in [5.41, 5.74) is 1.27. The highest BCUT2D eigenvalue weighted by Crippen LogP contribution is 2.23. The van der Waals surface area contributed by atoms with Crippen molar-refractivity contribution in [2.45, 2.75) is 6.92 Å². The molecule has 0 unspecified atom stereocenters. The maximum absolute atomic E-state index is 12.1. The molecule has 0 saturated heterocycles. The number of anilines is 2. The number of carbonyl (C=O) groups excluding carboxylic acids is 1. The van der Waals surface area contributed by atoms with E-state index in [0.717, 1.165) is 5.56 Å². The van der Waals surface area contributed by atoms with E-state index in [9.17, 15) is 4.79 Å².